The first kappa shape index (κ1) is 23.1. The number of carbonyl (C=O) groups is 2. The summed E-state index contributed by atoms with van der Waals surface area (Å²) in [5.41, 5.74) is 4.82. The maximum atomic E-state index is 13.5. The van der Waals surface area contributed by atoms with Gasteiger partial charge in [0.15, 0.2) is 5.78 Å². The molecular formula is C26H26ClFN2O3. The molecule has 0 saturated heterocycles. The number of methoxy groups -OCH3 is 1. The van der Waals surface area contributed by atoms with Gasteiger partial charge in [0, 0.05) is 54.1 Å². The largest absolute Gasteiger partial charge is 0.466 e. The van der Waals surface area contributed by atoms with Crippen molar-refractivity contribution in [3.05, 3.63) is 87.0 Å². The van der Waals surface area contributed by atoms with Crippen LogP contribution < -0.4 is 10.2 Å². The Kier molecular flexibility index (Phi) is 6.30. The van der Waals surface area contributed by atoms with Gasteiger partial charge in [-0.1, -0.05) is 29.8 Å². The van der Waals surface area contributed by atoms with Crippen molar-refractivity contribution in [3.63, 3.8) is 0 Å². The second kappa shape index (κ2) is 9.02. The normalized spacial score (nSPS) is 20.4. The Morgan fingerprint density at radius 2 is 1.85 bits per heavy atom. The van der Waals surface area contributed by atoms with Gasteiger partial charge in [0.2, 0.25) is 0 Å². The van der Waals surface area contributed by atoms with Gasteiger partial charge < -0.3 is 15.0 Å². The maximum Gasteiger partial charge on any atom is 0.336 e. The monoisotopic (exact) mass is 468 g/mol. The van der Waals surface area contributed by atoms with Gasteiger partial charge in [-0.05, 0) is 54.7 Å². The lowest BCUT2D eigenvalue weighted by Crippen LogP contribution is -2.36. The van der Waals surface area contributed by atoms with E-state index in [1.807, 2.05) is 37.2 Å². The Hall–Kier alpha value is -3.12. The van der Waals surface area contributed by atoms with Crippen molar-refractivity contribution in [2.75, 3.05) is 26.1 Å². The van der Waals surface area contributed by atoms with Crippen molar-refractivity contribution in [3.8, 4) is 0 Å². The van der Waals surface area contributed by atoms with Crippen LogP contribution in [0.3, 0.4) is 0 Å². The van der Waals surface area contributed by atoms with Crippen LogP contribution in [-0.2, 0) is 14.3 Å². The van der Waals surface area contributed by atoms with Crippen LogP contribution in [0.4, 0.5) is 10.1 Å². The van der Waals surface area contributed by atoms with Crippen LogP contribution in [0.25, 0.3) is 0 Å². The first-order chi connectivity index (χ1) is 15.7. The van der Waals surface area contributed by atoms with Gasteiger partial charge in [0.25, 0.3) is 0 Å². The van der Waals surface area contributed by atoms with Crippen molar-refractivity contribution < 1.29 is 18.7 Å². The molecule has 4 rings (SSSR count). The number of ketones is 1. The molecule has 2 aromatic rings. The topological polar surface area (TPSA) is 58.6 Å². The molecule has 5 nitrogen and oxygen atoms in total. The van der Waals surface area contributed by atoms with E-state index in [9.17, 15) is 14.0 Å². The molecule has 0 fully saturated rings. The number of dihydropyridines is 1. The number of hydrogen-bond donors (Lipinski definition) is 1. The second-order valence-electron chi connectivity index (χ2n) is 8.66. The number of nitrogens with zero attached hydrogens (tertiary/aromatic N) is 1. The van der Waals surface area contributed by atoms with Crippen LogP contribution in [0.15, 0.2) is 65.0 Å². The van der Waals surface area contributed by atoms with E-state index in [4.69, 9.17) is 16.3 Å². The quantitative estimate of drug-likeness (QED) is 0.634. The van der Waals surface area contributed by atoms with E-state index in [0.29, 0.717) is 33.9 Å². The lowest BCUT2D eigenvalue weighted by Gasteiger charge is -2.37. The smallest absolute Gasteiger partial charge is 0.336 e. The summed E-state index contributed by atoms with van der Waals surface area (Å²) in [6.45, 7) is 1.80. The summed E-state index contributed by atoms with van der Waals surface area (Å²) in [7, 11) is 5.16. The Morgan fingerprint density at radius 1 is 1.15 bits per heavy atom. The molecule has 1 heterocycles. The number of carbonyl (C=O) groups excluding carboxylic acids is 2. The number of halogens is 2. The number of ether oxygens (including phenoxy) is 1. The number of nitrogens with one attached hydrogen (secondary N) is 1. The summed E-state index contributed by atoms with van der Waals surface area (Å²) >= 11 is 6.69. The number of anilines is 1. The van der Waals surface area contributed by atoms with E-state index in [1.165, 1.54) is 19.2 Å². The lowest BCUT2D eigenvalue weighted by atomic mass is 9.71. The SMILES string of the molecule is COC(=O)C1=C(C)NC2=C(C(=O)CC(c3ccc(F)cc3)C2)C1c1ccc(N(C)C)cc1Cl. The molecule has 7 heteroatoms. The summed E-state index contributed by atoms with van der Waals surface area (Å²) in [5, 5.41) is 3.76. The fraction of sp³-hybridized carbons (Fsp3) is 0.308. The molecule has 0 spiro atoms. The Morgan fingerprint density at radius 3 is 2.45 bits per heavy atom. The average molecular weight is 469 g/mol. The number of rotatable bonds is 4. The predicted octanol–water partition coefficient (Wildman–Crippen LogP) is 5.08. The average Bonchev–Trinajstić information content (AvgIpc) is 2.78. The summed E-state index contributed by atoms with van der Waals surface area (Å²) in [6, 6.07) is 11.9. The number of esters is 1. The Labute approximate surface area is 197 Å². The highest BCUT2D eigenvalue weighted by molar-refractivity contribution is 6.32. The van der Waals surface area contributed by atoms with Crippen molar-refractivity contribution in [2.45, 2.75) is 31.6 Å². The molecule has 1 aliphatic carbocycles. The molecular weight excluding hydrogens is 443 g/mol. The standard InChI is InChI=1S/C26H26ClFN2O3/c1-14-23(26(32)33-4)24(19-10-9-18(30(2)3)13-20(19)27)25-21(29-14)11-16(12-22(25)31)15-5-7-17(28)8-6-15/h5-10,13,16,24,29H,11-12H2,1-4H3. The zero-order chi connectivity index (χ0) is 23.9. The molecule has 0 saturated carbocycles. The molecule has 2 atom stereocenters. The summed E-state index contributed by atoms with van der Waals surface area (Å²) in [6.07, 6.45) is 0.839. The summed E-state index contributed by atoms with van der Waals surface area (Å²) < 4.78 is 18.5. The molecule has 172 valence electrons. The van der Waals surface area contributed by atoms with Crippen molar-refractivity contribution >= 4 is 29.0 Å². The van der Waals surface area contributed by atoms with Gasteiger partial charge in [-0.3, -0.25) is 4.79 Å². The van der Waals surface area contributed by atoms with E-state index < -0.39 is 11.9 Å². The van der Waals surface area contributed by atoms with Crippen LogP contribution in [0.2, 0.25) is 5.02 Å². The maximum absolute atomic E-state index is 13.5. The van der Waals surface area contributed by atoms with Crippen molar-refractivity contribution in [1.82, 2.24) is 5.32 Å². The first-order valence-electron chi connectivity index (χ1n) is 10.8. The van der Waals surface area contributed by atoms with Crippen molar-refractivity contribution in [2.24, 2.45) is 0 Å². The minimum absolute atomic E-state index is 0.0651. The van der Waals surface area contributed by atoms with Crippen LogP contribution in [0, 0.1) is 5.82 Å². The van der Waals surface area contributed by atoms with E-state index in [-0.39, 0.29) is 23.9 Å². The van der Waals surface area contributed by atoms with Crippen LogP contribution >= 0.6 is 11.6 Å². The van der Waals surface area contributed by atoms with E-state index >= 15 is 0 Å². The molecule has 33 heavy (non-hydrogen) atoms. The third-order valence-electron chi connectivity index (χ3n) is 6.39. The first-order valence-corrected chi connectivity index (χ1v) is 11.1. The highest BCUT2D eigenvalue weighted by atomic mass is 35.5. The lowest BCUT2D eigenvalue weighted by molar-refractivity contribution is -0.136. The number of allylic oxidation sites excluding steroid dienone is 3. The number of benzene rings is 2. The highest BCUT2D eigenvalue weighted by Gasteiger charge is 2.42. The molecule has 0 radical (unpaired) electrons. The highest BCUT2D eigenvalue weighted by Crippen LogP contribution is 2.47. The summed E-state index contributed by atoms with van der Waals surface area (Å²) in [4.78, 5) is 28.3. The molecule has 2 aromatic carbocycles. The fourth-order valence-corrected chi connectivity index (χ4v) is 5.01. The van der Waals surface area contributed by atoms with E-state index in [2.05, 4.69) is 5.32 Å². The van der Waals surface area contributed by atoms with Gasteiger partial charge >= 0.3 is 5.97 Å². The zero-order valence-corrected chi connectivity index (χ0v) is 19.8. The minimum Gasteiger partial charge on any atom is -0.466 e. The van der Waals surface area contributed by atoms with Gasteiger partial charge in [-0.25, -0.2) is 9.18 Å². The zero-order valence-electron chi connectivity index (χ0n) is 19.0. The van der Waals surface area contributed by atoms with Crippen LogP contribution in [-0.4, -0.2) is 33.0 Å². The predicted molar refractivity (Wildman–Crippen MR) is 127 cm³/mol. The van der Waals surface area contributed by atoms with Crippen LogP contribution in [0.5, 0.6) is 0 Å². The minimum atomic E-state index is -0.626. The Bertz CT molecular complexity index is 1180. The molecule has 2 unspecified atom stereocenters. The molecule has 0 bridgehead atoms. The van der Waals surface area contributed by atoms with E-state index in [1.54, 1.807) is 19.1 Å². The van der Waals surface area contributed by atoms with Gasteiger partial charge in [0.1, 0.15) is 5.82 Å². The molecule has 1 N–H and O–H groups in total. The number of Topliss-reactive ketones (excluding diaryl/α,β-unsaturated/α-hetero) is 1. The third-order valence-corrected chi connectivity index (χ3v) is 6.71. The molecule has 1 aliphatic heterocycles. The molecule has 0 amide bonds. The number of hydrogen-bond acceptors (Lipinski definition) is 5. The van der Waals surface area contributed by atoms with E-state index in [0.717, 1.165) is 16.9 Å². The second-order valence-corrected chi connectivity index (χ2v) is 9.07. The van der Waals surface area contributed by atoms with Gasteiger partial charge in [-0.15, -0.1) is 0 Å². The third kappa shape index (κ3) is 4.27. The molecule has 0 aromatic heterocycles. The van der Waals surface area contributed by atoms with Gasteiger partial charge in [0.05, 0.1) is 12.7 Å². The Balaban J connectivity index is 1.82. The molecule has 2 aliphatic rings. The van der Waals surface area contributed by atoms with Crippen LogP contribution in [0.1, 0.15) is 42.7 Å². The fourth-order valence-electron chi connectivity index (χ4n) is 4.73. The van der Waals surface area contributed by atoms with Gasteiger partial charge in [-0.2, -0.15) is 0 Å². The van der Waals surface area contributed by atoms with Crippen molar-refractivity contribution in [1.29, 1.82) is 0 Å². The summed E-state index contributed by atoms with van der Waals surface area (Å²) in [5.74, 6) is -1.58.